The summed E-state index contributed by atoms with van der Waals surface area (Å²) >= 11 is 0. The summed E-state index contributed by atoms with van der Waals surface area (Å²) in [5, 5.41) is 0. The molecule has 0 heterocycles. The van der Waals surface area contributed by atoms with E-state index in [-0.39, 0.29) is 0 Å². The van der Waals surface area contributed by atoms with Crippen molar-refractivity contribution in [2.45, 2.75) is 44.6 Å². The molecule has 1 nitrogen and oxygen atoms in total. The number of fused-ring (bicyclic) bond motifs is 2. The van der Waals surface area contributed by atoms with Crippen LogP contribution in [0, 0.1) is 11.8 Å². The van der Waals surface area contributed by atoms with Gasteiger partial charge < -0.3 is 4.74 Å². The largest absolute Gasteiger partial charge is 0.374 e. The van der Waals surface area contributed by atoms with Gasteiger partial charge in [-0.1, -0.05) is 43.9 Å². The van der Waals surface area contributed by atoms with Crippen molar-refractivity contribution in [3.63, 3.8) is 0 Å². The Morgan fingerprint density at radius 3 is 2.44 bits per heavy atom. The van der Waals surface area contributed by atoms with Crippen molar-refractivity contribution in [1.82, 2.24) is 0 Å². The predicted octanol–water partition coefficient (Wildman–Crippen LogP) is 3.86. The van der Waals surface area contributed by atoms with E-state index in [1.54, 1.807) is 0 Å². The fraction of sp³-hybridized carbons (Fsp3) is 0.714. The number of hydrogen-bond acceptors (Lipinski definition) is 1. The molecule has 2 bridgehead atoms. The lowest BCUT2D eigenvalue weighted by molar-refractivity contribution is 0.0647. The summed E-state index contributed by atoms with van der Waals surface area (Å²) in [5.41, 5.74) is 0. The molecule has 0 aromatic rings. The highest BCUT2D eigenvalue weighted by Crippen LogP contribution is 2.31. The van der Waals surface area contributed by atoms with Crippen LogP contribution in [0.1, 0.15) is 12.8 Å². The van der Waals surface area contributed by atoms with Crippen LogP contribution in [0.25, 0.3) is 0 Å². The third-order valence-corrected chi connectivity index (χ3v) is 5.28. The molecule has 0 amide bonds. The number of allylic oxidation sites excluding steroid dienone is 2. The average molecular weight is 236 g/mol. The van der Waals surface area contributed by atoms with E-state index >= 15 is 0 Å². The molecule has 3 aliphatic carbocycles. The normalized spacial score (nSPS) is 33.1. The molecule has 0 aromatic heterocycles. The first-order chi connectivity index (χ1) is 7.54. The van der Waals surface area contributed by atoms with E-state index in [4.69, 9.17) is 4.74 Å². The van der Waals surface area contributed by atoms with Crippen molar-refractivity contribution in [3.8, 4) is 0 Å². The van der Waals surface area contributed by atoms with Crippen LogP contribution in [0.15, 0.2) is 24.3 Å². The lowest BCUT2D eigenvalue weighted by atomic mass is 9.89. The molecular weight excluding hydrogens is 212 g/mol. The van der Waals surface area contributed by atoms with Gasteiger partial charge in [-0.05, 0) is 24.8 Å². The van der Waals surface area contributed by atoms with Gasteiger partial charge in [0.2, 0.25) is 0 Å². The monoisotopic (exact) mass is 236 g/mol. The fourth-order valence-electron chi connectivity index (χ4n) is 2.37. The summed E-state index contributed by atoms with van der Waals surface area (Å²) < 4.78 is 6.07. The van der Waals surface area contributed by atoms with Crippen LogP contribution < -0.4 is 0 Å². The first kappa shape index (κ1) is 12.1. The van der Waals surface area contributed by atoms with Gasteiger partial charge >= 0.3 is 0 Å². The Balaban J connectivity index is 1.84. The minimum Gasteiger partial charge on any atom is -0.374 e. The van der Waals surface area contributed by atoms with Crippen LogP contribution >= 0.6 is 0 Å². The van der Waals surface area contributed by atoms with Crippen LogP contribution in [0.5, 0.6) is 0 Å². The number of hydrogen-bond donors (Lipinski definition) is 0. The Morgan fingerprint density at radius 2 is 1.81 bits per heavy atom. The quantitative estimate of drug-likeness (QED) is 0.532. The standard InChI is InChI=1S/C14H24OSi/c1-16(2,3)11-10-15-14-9-6-12-4-7-13(14)8-5-12/h4,6-7,9,12-14H,5,8,10-11H2,1-3H3/t12-,13+,14-/m0/s1. The molecule has 3 atom stereocenters. The maximum Gasteiger partial charge on any atom is 0.0818 e. The van der Waals surface area contributed by atoms with Crippen molar-refractivity contribution in [3.05, 3.63) is 24.3 Å². The van der Waals surface area contributed by atoms with Crippen LogP contribution in [0.2, 0.25) is 25.7 Å². The Bertz CT molecular complexity index is 288. The van der Waals surface area contributed by atoms with Crippen molar-refractivity contribution in [1.29, 1.82) is 0 Å². The summed E-state index contributed by atoms with van der Waals surface area (Å²) in [6.45, 7) is 8.17. The minimum atomic E-state index is -0.943. The summed E-state index contributed by atoms with van der Waals surface area (Å²) in [5.74, 6) is 1.32. The van der Waals surface area contributed by atoms with E-state index < -0.39 is 8.07 Å². The van der Waals surface area contributed by atoms with E-state index in [0.29, 0.717) is 17.9 Å². The van der Waals surface area contributed by atoms with Gasteiger partial charge in [-0.2, -0.15) is 0 Å². The Labute approximate surface area is 101 Å². The Kier molecular flexibility index (Phi) is 3.70. The number of rotatable bonds is 4. The van der Waals surface area contributed by atoms with Gasteiger partial charge in [0.25, 0.3) is 0 Å². The molecule has 0 unspecified atom stereocenters. The van der Waals surface area contributed by atoms with Gasteiger partial charge in [0.1, 0.15) is 0 Å². The molecule has 0 N–H and O–H groups in total. The van der Waals surface area contributed by atoms with Crippen LogP contribution in [0.4, 0.5) is 0 Å². The van der Waals surface area contributed by atoms with E-state index in [9.17, 15) is 0 Å². The molecule has 0 aromatic carbocycles. The van der Waals surface area contributed by atoms with Crippen LogP contribution in [-0.2, 0) is 4.74 Å². The van der Waals surface area contributed by atoms with Crippen LogP contribution in [0.3, 0.4) is 0 Å². The van der Waals surface area contributed by atoms with E-state index in [2.05, 4.69) is 43.9 Å². The molecule has 0 saturated heterocycles. The zero-order chi connectivity index (χ0) is 11.6. The zero-order valence-electron chi connectivity index (χ0n) is 10.8. The molecule has 0 spiro atoms. The molecule has 0 aliphatic heterocycles. The molecule has 2 heteroatoms. The molecule has 0 fully saturated rings. The van der Waals surface area contributed by atoms with Crippen molar-refractivity contribution < 1.29 is 4.74 Å². The average Bonchev–Trinajstić information content (AvgIpc) is 2.50. The van der Waals surface area contributed by atoms with Gasteiger partial charge in [-0.3, -0.25) is 0 Å². The molecular formula is C14H24OSi. The lowest BCUT2D eigenvalue weighted by Crippen LogP contribution is -2.26. The second-order valence-electron chi connectivity index (χ2n) is 6.32. The van der Waals surface area contributed by atoms with E-state index in [0.717, 1.165) is 6.61 Å². The third kappa shape index (κ3) is 3.32. The second-order valence-corrected chi connectivity index (χ2v) is 11.9. The minimum absolute atomic E-state index is 0.347. The number of ether oxygens (including phenoxy) is 1. The van der Waals surface area contributed by atoms with Crippen LogP contribution in [-0.4, -0.2) is 20.8 Å². The van der Waals surface area contributed by atoms with Gasteiger partial charge in [0.05, 0.1) is 6.10 Å². The highest BCUT2D eigenvalue weighted by atomic mass is 28.3. The summed E-state index contributed by atoms with van der Waals surface area (Å²) in [6, 6.07) is 1.28. The highest BCUT2D eigenvalue weighted by Gasteiger charge is 2.25. The topological polar surface area (TPSA) is 9.23 Å². The predicted molar refractivity (Wildman–Crippen MR) is 72.4 cm³/mol. The van der Waals surface area contributed by atoms with E-state index in [1.807, 2.05) is 0 Å². The van der Waals surface area contributed by atoms with Gasteiger partial charge in [0.15, 0.2) is 0 Å². The first-order valence-corrected chi connectivity index (χ1v) is 10.2. The Hall–Kier alpha value is -0.343. The lowest BCUT2D eigenvalue weighted by Gasteiger charge is -2.24. The highest BCUT2D eigenvalue weighted by molar-refractivity contribution is 6.76. The smallest absolute Gasteiger partial charge is 0.0818 e. The van der Waals surface area contributed by atoms with Crippen molar-refractivity contribution in [2.75, 3.05) is 6.61 Å². The summed E-state index contributed by atoms with van der Waals surface area (Å²) in [7, 11) is -0.943. The van der Waals surface area contributed by atoms with Crippen molar-refractivity contribution >= 4 is 8.07 Å². The van der Waals surface area contributed by atoms with Gasteiger partial charge in [0, 0.05) is 20.6 Å². The first-order valence-electron chi connectivity index (χ1n) is 6.53. The molecule has 3 rings (SSSR count). The molecule has 0 radical (unpaired) electrons. The summed E-state index contributed by atoms with van der Waals surface area (Å²) in [4.78, 5) is 0. The van der Waals surface area contributed by atoms with E-state index in [1.165, 1.54) is 18.9 Å². The Morgan fingerprint density at radius 1 is 1.06 bits per heavy atom. The van der Waals surface area contributed by atoms with Gasteiger partial charge in [-0.15, -0.1) is 0 Å². The SMILES string of the molecule is C[Si](C)(C)CCO[C@H]1C=C[C@H]2C=C[C@@H]1CC2. The molecule has 3 aliphatic rings. The second kappa shape index (κ2) is 4.88. The van der Waals surface area contributed by atoms with Gasteiger partial charge in [-0.25, -0.2) is 0 Å². The maximum atomic E-state index is 6.07. The molecule has 90 valence electrons. The summed E-state index contributed by atoms with van der Waals surface area (Å²) in [6.07, 6.45) is 12.3. The molecule has 0 saturated carbocycles. The molecule has 16 heavy (non-hydrogen) atoms. The zero-order valence-corrected chi connectivity index (χ0v) is 11.8. The van der Waals surface area contributed by atoms with Crippen molar-refractivity contribution in [2.24, 2.45) is 11.8 Å². The third-order valence-electron chi connectivity index (χ3n) is 3.57. The maximum absolute atomic E-state index is 6.07. The fourth-order valence-corrected chi connectivity index (χ4v) is 3.10.